The van der Waals surface area contributed by atoms with E-state index in [0.29, 0.717) is 15.3 Å². The molecule has 0 spiro atoms. The molecule has 0 unspecified atom stereocenters. The average Bonchev–Trinajstić information content (AvgIpc) is 3.24. The summed E-state index contributed by atoms with van der Waals surface area (Å²) in [4.78, 5) is 0.591. The molecule has 12 heteroatoms. The quantitative estimate of drug-likeness (QED) is 0.399. The fraction of sp³-hybridized carbons (Fsp3) is 0.273. The van der Waals surface area contributed by atoms with Gasteiger partial charge in [-0.15, -0.1) is 11.3 Å². The summed E-state index contributed by atoms with van der Waals surface area (Å²) >= 11 is 1.22. The molecule has 0 bridgehead atoms. The van der Waals surface area contributed by atoms with Gasteiger partial charge in [-0.1, -0.05) is 24.3 Å². The fourth-order valence-electron chi connectivity index (χ4n) is 3.21. The first-order chi connectivity index (χ1) is 15.8. The van der Waals surface area contributed by atoms with Gasteiger partial charge >= 0.3 is 6.18 Å². The highest BCUT2D eigenvalue weighted by Gasteiger charge is 2.38. The van der Waals surface area contributed by atoms with E-state index in [4.69, 9.17) is 4.74 Å². The summed E-state index contributed by atoms with van der Waals surface area (Å²) in [6.45, 7) is -0.335. The number of hydrogen-bond acceptors (Lipinski definition) is 6. The normalized spacial score (nSPS) is 12.9. The first-order valence-corrected chi connectivity index (χ1v) is 14.0. The van der Waals surface area contributed by atoms with Gasteiger partial charge < -0.3 is 4.74 Å². The minimum absolute atomic E-state index is 0.0119. The van der Waals surface area contributed by atoms with Crippen molar-refractivity contribution in [1.29, 1.82) is 0 Å². The second-order valence-corrected chi connectivity index (χ2v) is 12.5. The van der Waals surface area contributed by atoms with Gasteiger partial charge in [-0.2, -0.15) is 17.5 Å². The number of hydrogen-bond donors (Lipinski definition) is 0. The van der Waals surface area contributed by atoms with Crippen molar-refractivity contribution < 1.29 is 34.7 Å². The van der Waals surface area contributed by atoms with E-state index in [1.54, 1.807) is 24.3 Å². The molecule has 0 atom stereocenters. The van der Waals surface area contributed by atoms with E-state index >= 15 is 0 Å². The van der Waals surface area contributed by atoms with Crippen LogP contribution in [-0.2, 0) is 37.3 Å². The van der Waals surface area contributed by atoms with Crippen LogP contribution in [0.15, 0.2) is 70.5 Å². The van der Waals surface area contributed by atoms with Crippen molar-refractivity contribution in [2.24, 2.45) is 0 Å². The molecule has 0 radical (unpaired) electrons. The Labute approximate surface area is 200 Å². The molecule has 2 aromatic carbocycles. The summed E-state index contributed by atoms with van der Waals surface area (Å²) in [6.07, 6.45) is -3.74. The third-order valence-electron chi connectivity index (χ3n) is 4.90. The van der Waals surface area contributed by atoms with E-state index in [0.717, 1.165) is 28.8 Å². The largest absolute Gasteiger partial charge is 0.417 e. The molecule has 0 saturated carbocycles. The zero-order chi connectivity index (χ0) is 25.1. The number of thiophene rings is 1. The molecule has 0 N–H and O–H groups in total. The topological polar surface area (TPSA) is 80.8 Å². The van der Waals surface area contributed by atoms with E-state index in [2.05, 4.69) is 0 Å². The molecule has 0 aliphatic carbocycles. The Hall–Kier alpha value is -2.25. The maximum absolute atomic E-state index is 13.5. The molecule has 6 nitrogen and oxygen atoms in total. The fourth-order valence-corrected chi connectivity index (χ4v) is 6.60. The number of rotatable bonds is 9. The van der Waals surface area contributed by atoms with Gasteiger partial charge in [0, 0.05) is 36.2 Å². The van der Waals surface area contributed by atoms with Crippen LogP contribution in [0.5, 0.6) is 0 Å². The minimum Gasteiger partial charge on any atom is -0.383 e. The molecule has 3 rings (SSSR count). The summed E-state index contributed by atoms with van der Waals surface area (Å²) in [5.41, 5.74) is -0.602. The molecular weight excluding hydrogens is 511 g/mol. The highest BCUT2D eigenvalue weighted by Crippen LogP contribution is 2.36. The Morgan fingerprint density at radius 2 is 1.68 bits per heavy atom. The smallest absolute Gasteiger partial charge is 0.383 e. The van der Waals surface area contributed by atoms with Gasteiger partial charge in [0.15, 0.2) is 9.84 Å². The lowest BCUT2D eigenvalue weighted by atomic mass is 10.2. The van der Waals surface area contributed by atoms with Crippen LogP contribution >= 0.6 is 11.3 Å². The first kappa shape index (κ1) is 26.4. The van der Waals surface area contributed by atoms with Crippen molar-refractivity contribution in [3.05, 3.63) is 71.1 Å². The van der Waals surface area contributed by atoms with Gasteiger partial charge in [0.1, 0.15) is 0 Å². The van der Waals surface area contributed by atoms with Crippen molar-refractivity contribution in [3.8, 4) is 10.4 Å². The van der Waals surface area contributed by atoms with Crippen LogP contribution in [0.3, 0.4) is 0 Å². The highest BCUT2D eigenvalue weighted by molar-refractivity contribution is 7.90. The van der Waals surface area contributed by atoms with Gasteiger partial charge in [0.05, 0.1) is 22.0 Å². The van der Waals surface area contributed by atoms with Gasteiger partial charge in [0.25, 0.3) is 0 Å². The summed E-state index contributed by atoms with van der Waals surface area (Å²) in [6, 6.07) is 13.8. The summed E-state index contributed by atoms with van der Waals surface area (Å²) in [5.74, 6) is 0. The van der Waals surface area contributed by atoms with Crippen LogP contribution in [0.2, 0.25) is 0 Å². The first-order valence-electron chi connectivity index (χ1n) is 9.88. The average molecular weight is 534 g/mol. The van der Waals surface area contributed by atoms with Crippen molar-refractivity contribution in [2.45, 2.75) is 22.5 Å². The van der Waals surface area contributed by atoms with Crippen molar-refractivity contribution >= 4 is 31.2 Å². The summed E-state index contributed by atoms with van der Waals surface area (Å²) in [5, 5.41) is 0. The molecule has 0 amide bonds. The lowest BCUT2D eigenvalue weighted by Gasteiger charge is -2.23. The molecule has 0 aliphatic rings. The lowest BCUT2D eigenvalue weighted by Crippen LogP contribution is -2.34. The van der Waals surface area contributed by atoms with Gasteiger partial charge in [0.2, 0.25) is 10.0 Å². The van der Waals surface area contributed by atoms with Crippen LogP contribution in [0, 0.1) is 0 Å². The Kier molecular flexibility index (Phi) is 7.88. The Balaban J connectivity index is 1.96. The predicted octanol–water partition coefficient (Wildman–Crippen LogP) is 4.67. The molecule has 0 aliphatic heterocycles. The third kappa shape index (κ3) is 6.05. The number of sulfone groups is 1. The number of halogens is 3. The maximum Gasteiger partial charge on any atom is 0.417 e. The second kappa shape index (κ2) is 10.2. The highest BCUT2D eigenvalue weighted by atomic mass is 32.2. The van der Waals surface area contributed by atoms with E-state index in [1.165, 1.54) is 36.6 Å². The summed E-state index contributed by atoms with van der Waals surface area (Å²) < 4.78 is 96.6. The molecule has 34 heavy (non-hydrogen) atoms. The van der Waals surface area contributed by atoms with Crippen LogP contribution < -0.4 is 0 Å². The Morgan fingerprint density at radius 3 is 2.32 bits per heavy atom. The van der Waals surface area contributed by atoms with E-state index in [1.807, 2.05) is 0 Å². The van der Waals surface area contributed by atoms with E-state index in [9.17, 15) is 30.0 Å². The lowest BCUT2D eigenvalue weighted by molar-refractivity contribution is -0.139. The van der Waals surface area contributed by atoms with E-state index in [-0.39, 0.29) is 24.6 Å². The minimum atomic E-state index is -4.84. The molecule has 1 aromatic heterocycles. The number of benzene rings is 2. The summed E-state index contributed by atoms with van der Waals surface area (Å²) in [7, 11) is -6.55. The zero-order valence-corrected chi connectivity index (χ0v) is 20.7. The number of alkyl halides is 3. The molecular formula is C22H22F3NO5S3. The predicted molar refractivity (Wildman–Crippen MR) is 124 cm³/mol. The zero-order valence-electron chi connectivity index (χ0n) is 18.2. The monoisotopic (exact) mass is 533 g/mol. The molecule has 0 saturated heterocycles. The van der Waals surface area contributed by atoms with E-state index < -0.39 is 36.5 Å². The van der Waals surface area contributed by atoms with Crippen molar-refractivity contribution in [3.63, 3.8) is 0 Å². The van der Waals surface area contributed by atoms with Gasteiger partial charge in [-0.05, 0) is 42.0 Å². The SMILES string of the molecule is COCCN(Cc1ccc(-c2cccc(S(C)(=O)=O)c2)s1)S(=O)(=O)c1ccccc1C(F)(F)F. The number of ether oxygens (including phenoxy) is 1. The molecule has 1 heterocycles. The van der Waals surface area contributed by atoms with Gasteiger partial charge in [-0.25, -0.2) is 16.8 Å². The van der Waals surface area contributed by atoms with Crippen LogP contribution in [-0.4, -0.2) is 47.7 Å². The van der Waals surface area contributed by atoms with Crippen molar-refractivity contribution in [1.82, 2.24) is 4.31 Å². The maximum atomic E-state index is 13.5. The van der Waals surface area contributed by atoms with Crippen molar-refractivity contribution in [2.75, 3.05) is 26.5 Å². The number of methoxy groups -OCH3 is 1. The van der Waals surface area contributed by atoms with Crippen LogP contribution in [0.4, 0.5) is 13.2 Å². The molecule has 3 aromatic rings. The second-order valence-electron chi connectivity index (χ2n) is 7.39. The van der Waals surface area contributed by atoms with Gasteiger partial charge in [-0.3, -0.25) is 0 Å². The number of sulfonamides is 1. The molecule has 0 fully saturated rings. The Bertz CT molecular complexity index is 1370. The molecule has 184 valence electrons. The van der Waals surface area contributed by atoms with Crippen LogP contribution in [0.25, 0.3) is 10.4 Å². The van der Waals surface area contributed by atoms with Crippen LogP contribution in [0.1, 0.15) is 10.4 Å². The number of nitrogens with zero attached hydrogens (tertiary/aromatic N) is 1. The third-order valence-corrected chi connectivity index (χ3v) is 9.03. The standard InChI is InChI=1S/C22H22F3NO5S3/c1-31-13-12-26(34(29,30)21-9-4-3-8-19(21)22(23,24)25)15-17-10-11-20(32-17)16-6-5-7-18(14-16)33(2,27)28/h3-11,14H,12-13,15H2,1-2H3. The Morgan fingerprint density at radius 1 is 0.971 bits per heavy atom.